The summed E-state index contributed by atoms with van der Waals surface area (Å²) >= 11 is 3.22. The van der Waals surface area contributed by atoms with Crippen molar-refractivity contribution >= 4 is 21.7 Å². The van der Waals surface area contributed by atoms with Crippen LogP contribution < -0.4 is 5.73 Å². The highest BCUT2D eigenvalue weighted by Gasteiger charge is 2.18. The fourth-order valence-electron chi connectivity index (χ4n) is 2.16. The third-order valence-electron chi connectivity index (χ3n) is 3.15. The molecule has 0 aliphatic heterocycles. The standard InChI is InChI=1S/C15H10BrF2N3/c16-13-10(2-1-3-11(13)18)14-12(15(19)21-20-14)8-4-6-9(17)7-5-8/h1-7H,(H3,19,20,21). The number of rotatable bonds is 2. The van der Waals surface area contributed by atoms with Gasteiger partial charge in [0, 0.05) is 5.56 Å². The summed E-state index contributed by atoms with van der Waals surface area (Å²) in [4.78, 5) is 0. The van der Waals surface area contributed by atoms with Crippen LogP contribution in [-0.2, 0) is 0 Å². The lowest BCUT2D eigenvalue weighted by Gasteiger charge is -2.07. The van der Waals surface area contributed by atoms with E-state index in [0.717, 1.165) is 0 Å². The first-order chi connectivity index (χ1) is 10.1. The number of anilines is 1. The molecule has 0 saturated carbocycles. The summed E-state index contributed by atoms with van der Waals surface area (Å²) in [5.74, 6) is -0.451. The molecule has 6 heteroatoms. The first-order valence-corrected chi connectivity index (χ1v) is 6.91. The van der Waals surface area contributed by atoms with Crippen LogP contribution in [0.25, 0.3) is 22.4 Å². The molecule has 2 aromatic carbocycles. The van der Waals surface area contributed by atoms with Gasteiger partial charge in [0.15, 0.2) is 5.82 Å². The Balaban J connectivity index is 2.22. The number of nitrogens with two attached hydrogens (primary N) is 1. The van der Waals surface area contributed by atoms with Crippen molar-refractivity contribution in [2.24, 2.45) is 0 Å². The van der Waals surface area contributed by atoms with Crippen molar-refractivity contribution in [3.8, 4) is 22.4 Å². The Bertz CT molecular complexity index is 797. The van der Waals surface area contributed by atoms with E-state index >= 15 is 0 Å². The Morgan fingerprint density at radius 1 is 1.05 bits per heavy atom. The second kappa shape index (κ2) is 5.29. The fourth-order valence-corrected chi connectivity index (χ4v) is 2.62. The molecule has 3 nitrogen and oxygen atoms in total. The molecule has 0 amide bonds. The van der Waals surface area contributed by atoms with Gasteiger partial charge in [0.2, 0.25) is 0 Å². The molecule has 3 N–H and O–H groups in total. The predicted octanol–water partition coefficient (Wildman–Crippen LogP) is 4.37. The van der Waals surface area contributed by atoms with Gasteiger partial charge in [0.05, 0.1) is 15.7 Å². The zero-order valence-electron chi connectivity index (χ0n) is 10.7. The summed E-state index contributed by atoms with van der Waals surface area (Å²) in [5.41, 5.74) is 8.38. The van der Waals surface area contributed by atoms with Crippen molar-refractivity contribution in [3.05, 3.63) is 58.6 Å². The van der Waals surface area contributed by atoms with E-state index < -0.39 is 0 Å². The van der Waals surface area contributed by atoms with Crippen LogP contribution in [0.15, 0.2) is 46.9 Å². The Morgan fingerprint density at radius 2 is 1.76 bits per heavy atom. The van der Waals surface area contributed by atoms with E-state index in [0.29, 0.717) is 26.9 Å². The second-order valence-corrected chi connectivity index (χ2v) is 5.26. The Kier molecular flexibility index (Phi) is 3.47. The minimum Gasteiger partial charge on any atom is -0.382 e. The van der Waals surface area contributed by atoms with Crippen LogP contribution in [0.3, 0.4) is 0 Å². The van der Waals surface area contributed by atoms with Gasteiger partial charge in [-0.05, 0) is 39.7 Å². The molecular weight excluding hydrogens is 340 g/mol. The smallest absolute Gasteiger partial charge is 0.153 e. The number of H-pyrrole nitrogens is 1. The summed E-state index contributed by atoms with van der Waals surface area (Å²) in [7, 11) is 0. The number of halogens is 3. The van der Waals surface area contributed by atoms with Gasteiger partial charge in [-0.15, -0.1) is 0 Å². The number of nitrogens with zero attached hydrogens (tertiary/aromatic N) is 1. The molecule has 0 bridgehead atoms. The van der Waals surface area contributed by atoms with Crippen LogP contribution in [-0.4, -0.2) is 10.2 Å². The van der Waals surface area contributed by atoms with Gasteiger partial charge in [-0.3, -0.25) is 5.10 Å². The highest BCUT2D eigenvalue weighted by molar-refractivity contribution is 9.10. The summed E-state index contributed by atoms with van der Waals surface area (Å²) < 4.78 is 27.1. The van der Waals surface area contributed by atoms with E-state index in [4.69, 9.17) is 5.73 Å². The topological polar surface area (TPSA) is 54.7 Å². The molecule has 0 fully saturated rings. The van der Waals surface area contributed by atoms with Gasteiger partial charge in [-0.2, -0.15) is 5.10 Å². The molecule has 0 radical (unpaired) electrons. The Morgan fingerprint density at radius 3 is 2.48 bits per heavy atom. The van der Waals surface area contributed by atoms with E-state index in [1.54, 1.807) is 24.3 Å². The summed E-state index contributed by atoms with van der Waals surface area (Å²) in [6.07, 6.45) is 0. The highest BCUT2D eigenvalue weighted by atomic mass is 79.9. The Hall–Kier alpha value is -2.21. The third kappa shape index (κ3) is 2.42. The van der Waals surface area contributed by atoms with Crippen LogP contribution >= 0.6 is 15.9 Å². The molecular formula is C15H10BrF2N3. The van der Waals surface area contributed by atoms with Crippen molar-refractivity contribution in [2.45, 2.75) is 0 Å². The molecule has 0 saturated heterocycles. The first-order valence-electron chi connectivity index (χ1n) is 6.12. The molecule has 0 spiro atoms. The van der Waals surface area contributed by atoms with Crippen molar-refractivity contribution < 1.29 is 8.78 Å². The molecule has 0 aliphatic carbocycles. The molecule has 106 valence electrons. The maximum absolute atomic E-state index is 13.7. The fraction of sp³-hybridized carbons (Fsp3) is 0. The monoisotopic (exact) mass is 349 g/mol. The molecule has 1 heterocycles. The number of aromatic nitrogens is 2. The average molecular weight is 350 g/mol. The summed E-state index contributed by atoms with van der Waals surface area (Å²) in [5, 5.41) is 6.78. The average Bonchev–Trinajstić information content (AvgIpc) is 2.85. The second-order valence-electron chi connectivity index (χ2n) is 4.47. The molecule has 0 atom stereocenters. The van der Waals surface area contributed by atoms with Gasteiger partial charge in [0.1, 0.15) is 11.6 Å². The number of benzene rings is 2. The van der Waals surface area contributed by atoms with Gasteiger partial charge in [0.25, 0.3) is 0 Å². The predicted molar refractivity (Wildman–Crippen MR) is 81.5 cm³/mol. The van der Waals surface area contributed by atoms with E-state index in [2.05, 4.69) is 26.1 Å². The van der Waals surface area contributed by atoms with Gasteiger partial charge < -0.3 is 5.73 Å². The van der Waals surface area contributed by atoms with Crippen LogP contribution in [0.4, 0.5) is 14.6 Å². The highest BCUT2D eigenvalue weighted by Crippen LogP contribution is 2.38. The molecule has 0 unspecified atom stereocenters. The molecule has 3 aromatic rings. The van der Waals surface area contributed by atoms with Gasteiger partial charge >= 0.3 is 0 Å². The van der Waals surface area contributed by atoms with E-state index in [9.17, 15) is 8.78 Å². The van der Waals surface area contributed by atoms with E-state index in [-0.39, 0.29) is 17.5 Å². The van der Waals surface area contributed by atoms with Crippen molar-refractivity contribution in [3.63, 3.8) is 0 Å². The summed E-state index contributed by atoms with van der Waals surface area (Å²) in [6.45, 7) is 0. The maximum atomic E-state index is 13.7. The maximum Gasteiger partial charge on any atom is 0.153 e. The molecule has 0 aliphatic rings. The van der Waals surface area contributed by atoms with Crippen molar-refractivity contribution in [1.29, 1.82) is 0 Å². The zero-order chi connectivity index (χ0) is 15.0. The van der Waals surface area contributed by atoms with Crippen LogP contribution in [0, 0.1) is 11.6 Å². The lowest BCUT2D eigenvalue weighted by Crippen LogP contribution is -1.90. The third-order valence-corrected chi connectivity index (χ3v) is 3.95. The molecule has 1 aromatic heterocycles. The van der Waals surface area contributed by atoms with Gasteiger partial charge in [-0.25, -0.2) is 8.78 Å². The quantitative estimate of drug-likeness (QED) is 0.721. The largest absolute Gasteiger partial charge is 0.382 e. The normalized spacial score (nSPS) is 10.8. The van der Waals surface area contributed by atoms with E-state index in [1.165, 1.54) is 18.2 Å². The van der Waals surface area contributed by atoms with Crippen molar-refractivity contribution in [1.82, 2.24) is 10.2 Å². The molecule has 3 rings (SSSR count). The number of hydrogen-bond donors (Lipinski definition) is 2. The lowest BCUT2D eigenvalue weighted by molar-refractivity contribution is 0.621. The van der Waals surface area contributed by atoms with Gasteiger partial charge in [-0.1, -0.05) is 24.3 Å². The SMILES string of the molecule is Nc1n[nH]c(-c2cccc(F)c2Br)c1-c1ccc(F)cc1. The summed E-state index contributed by atoms with van der Waals surface area (Å²) in [6, 6.07) is 10.6. The number of hydrogen-bond acceptors (Lipinski definition) is 2. The van der Waals surface area contributed by atoms with E-state index in [1.807, 2.05) is 0 Å². The zero-order valence-corrected chi connectivity index (χ0v) is 12.3. The Labute approximate surface area is 127 Å². The van der Waals surface area contributed by atoms with Crippen molar-refractivity contribution in [2.75, 3.05) is 5.73 Å². The number of aromatic amines is 1. The van der Waals surface area contributed by atoms with Crippen LogP contribution in [0.2, 0.25) is 0 Å². The van der Waals surface area contributed by atoms with Crippen LogP contribution in [0.5, 0.6) is 0 Å². The number of nitrogens with one attached hydrogen (secondary N) is 1. The molecule has 21 heavy (non-hydrogen) atoms. The minimum absolute atomic E-state index is 0.271. The van der Waals surface area contributed by atoms with Crippen LogP contribution in [0.1, 0.15) is 0 Å². The minimum atomic E-state index is -0.384. The number of nitrogen functional groups attached to an aromatic ring is 1. The lowest BCUT2D eigenvalue weighted by atomic mass is 10.0. The first kappa shape index (κ1) is 13.8.